The third-order valence-electron chi connectivity index (χ3n) is 4.53. The van der Waals surface area contributed by atoms with Gasteiger partial charge >= 0.3 is 11.7 Å². The topological polar surface area (TPSA) is 88.1 Å². The van der Waals surface area contributed by atoms with Crippen LogP contribution in [0.1, 0.15) is 33.7 Å². The number of hydrogen-bond acceptors (Lipinski definition) is 5. The Morgan fingerprint density at radius 3 is 2.41 bits per heavy atom. The lowest BCUT2D eigenvalue weighted by Gasteiger charge is -2.16. The quantitative estimate of drug-likeness (QED) is 0.574. The molecule has 0 aliphatic heterocycles. The fourth-order valence-electron chi connectivity index (χ4n) is 3.17. The molecule has 8 nitrogen and oxygen atoms in total. The fraction of sp³-hybridized carbons (Fsp3) is 0.400. The van der Waals surface area contributed by atoms with Crippen LogP contribution in [0.2, 0.25) is 5.02 Å². The second-order valence-corrected chi connectivity index (χ2v) is 7.59. The van der Waals surface area contributed by atoms with E-state index in [-0.39, 0.29) is 30.2 Å². The van der Waals surface area contributed by atoms with Crippen LogP contribution in [-0.2, 0) is 16.1 Å². The van der Waals surface area contributed by atoms with Crippen LogP contribution < -0.4 is 11.2 Å². The summed E-state index contributed by atoms with van der Waals surface area (Å²) in [7, 11) is 0. The third kappa shape index (κ3) is 3.85. The van der Waals surface area contributed by atoms with Crippen molar-refractivity contribution in [2.45, 2.75) is 40.3 Å². The number of rotatable bonds is 6. The van der Waals surface area contributed by atoms with Crippen molar-refractivity contribution in [3.8, 4) is 5.69 Å². The van der Waals surface area contributed by atoms with Crippen LogP contribution in [0.5, 0.6) is 0 Å². The molecule has 1 aromatic carbocycles. The first-order valence-electron chi connectivity index (χ1n) is 9.41. The molecule has 0 spiro atoms. The zero-order valence-electron chi connectivity index (χ0n) is 16.8. The number of fused-ring (bicyclic) bond motifs is 1. The summed E-state index contributed by atoms with van der Waals surface area (Å²) in [4.78, 5) is 42.9. The van der Waals surface area contributed by atoms with Gasteiger partial charge in [0.25, 0.3) is 5.56 Å². The molecule has 0 fully saturated rings. The van der Waals surface area contributed by atoms with Gasteiger partial charge in [0, 0.05) is 11.6 Å². The van der Waals surface area contributed by atoms with E-state index in [4.69, 9.17) is 16.3 Å². The van der Waals surface area contributed by atoms with Gasteiger partial charge in [-0.25, -0.2) is 19.1 Å². The van der Waals surface area contributed by atoms with Crippen LogP contribution in [0.4, 0.5) is 0 Å². The summed E-state index contributed by atoms with van der Waals surface area (Å²) >= 11 is 5.98. The maximum Gasteiger partial charge on any atom is 0.337 e. The summed E-state index contributed by atoms with van der Waals surface area (Å²) in [5.41, 5.74) is -0.111. The molecule has 3 aromatic rings. The highest BCUT2D eigenvalue weighted by Gasteiger charge is 2.25. The molecule has 0 bridgehead atoms. The van der Waals surface area contributed by atoms with Crippen molar-refractivity contribution in [2.24, 2.45) is 5.92 Å². The van der Waals surface area contributed by atoms with E-state index in [1.54, 1.807) is 38.1 Å². The first-order valence-corrected chi connectivity index (χ1v) is 9.79. The zero-order chi connectivity index (χ0) is 21.3. The predicted molar refractivity (Wildman–Crippen MR) is 111 cm³/mol. The van der Waals surface area contributed by atoms with Gasteiger partial charge in [0.05, 0.1) is 18.6 Å². The zero-order valence-corrected chi connectivity index (χ0v) is 17.5. The van der Waals surface area contributed by atoms with Crippen LogP contribution in [0.25, 0.3) is 16.9 Å². The predicted octanol–water partition coefficient (Wildman–Crippen LogP) is 2.78. The molecule has 2 heterocycles. The number of benzene rings is 1. The van der Waals surface area contributed by atoms with Gasteiger partial charge in [-0.3, -0.25) is 9.36 Å². The first-order chi connectivity index (χ1) is 13.8. The number of imidazole rings is 1. The van der Waals surface area contributed by atoms with Crippen molar-refractivity contribution < 1.29 is 9.53 Å². The molecule has 0 amide bonds. The lowest BCUT2D eigenvalue weighted by molar-refractivity contribution is -0.146. The molecule has 0 N–H and O–H groups in total. The largest absolute Gasteiger partial charge is 0.464 e. The molecule has 1 atom stereocenters. The van der Waals surface area contributed by atoms with Crippen LogP contribution in [0, 0.1) is 5.92 Å². The Morgan fingerprint density at radius 2 is 1.83 bits per heavy atom. The van der Waals surface area contributed by atoms with E-state index < -0.39 is 23.3 Å². The lowest BCUT2D eigenvalue weighted by atomic mass is 10.2. The number of esters is 1. The average molecular weight is 419 g/mol. The van der Waals surface area contributed by atoms with Crippen molar-refractivity contribution in [1.82, 2.24) is 18.7 Å². The number of carbonyl (C=O) groups excluding carboxylic acids is 1. The van der Waals surface area contributed by atoms with Crippen molar-refractivity contribution in [3.63, 3.8) is 0 Å². The number of halogens is 1. The molecule has 0 saturated heterocycles. The Balaban J connectivity index is 2.36. The van der Waals surface area contributed by atoms with Crippen molar-refractivity contribution in [3.05, 3.63) is 56.5 Å². The molecule has 0 radical (unpaired) electrons. The Hall–Kier alpha value is -2.87. The molecular weight excluding hydrogens is 396 g/mol. The van der Waals surface area contributed by atoms with Gasteiger partial charge in [0.15, 0.2) is 11.2 Å². The van der Waals surface area contributed by atoms with Crippen molar-refractivity contribution in [1.29, 1.82) is 0 Å². The maximum atomic E-state index is 13.2. The summed E-state index contributed by atoms with van der Waals surface area (Å²) in [6.07, 6.45) is 1.39. The Bertz CT molecular complexity index is 1160. The number of carbonyl (C=O) groups is 1. The fourth-order valence-corrected chi connectivity index (χ4v) is 3.29. The first kappa shape index (κ1) is 20.9. The highest BCUT2D eigenvalue weighted by atomic mass is 35.5. The normalized spacial score (nSPS) is 12.5. The minimum atomic E-state index is -0.767. The average Bonchev–Trinajstić information content (AvgIpc) is 3.11. The molecule has 29 heavy (non-hydrogen) atoms. The van der Waals surface area contributed by atoms with Gasteiger partial charge in [-0.05, 0) is 44.0 Å². The van der Waals surface area contributed by atoms with Gasteiger partial charge in [-0.1, -0.05) is 25.4 Å². The van der Waals surface area contributed by atoms with Crippen molar-refractivity contribution >= 4 is 28.7 Å². The van der Waals surface area contributed by atoms with E-state index in [0.29, 0.717) is 10.7 Å². The van der Waals surface area contributed by atoms with Crippen molar-refractivity contribution in [2.75, 3.05) is 6.61 Å². The second kappa shape index (κ2) is 8.24. The summed E-state index contributed by atoms with van der Waals surface area (Å²) in [5, 5.41) is 0.523. The van der Waals surface area contributed by atoms with Gasteiger partial charge < -0.3 is 9.30 Å². The minimum absolute atomic E-state index is 0.0652. The second-order valence-electron chi connectivity index (χ2n) is 7.16. The SMILES string of the molecule is CCOC(=O)[C@@H](C)n1cnc2c1c(=O)n(CC(C)C)c(=O)n2-c1ccc(Cl)cc1. The molecule has 0 aliphatic carbocycles. The van der Waals surface area contributed by atoms with E-state index in [9.17, 15) is 14.4 Å². The van der Waals surface area contributed by atoms with Crippen LogP contribution in [0.3, 0.4) is 0 Å². The molecule has 0 unspecified atom stereocenters. The third-order valence-corrected chi connectivity index (χ3v) is 4.79. The molecule has 0 saturated carbocycles. The van der Waals surface area contributed by atoms with Gasteiger partial charge in [-0.15, -0.1) is 0 Å². The summed E-state index contributed by atoms with van der Waals surface area (Å²) < 4.78 is 9.08. The molecule has 154 valence electrons. The van der Waals surface area contributed by atoms with Crippen LogP contribution in [-0.4, -0.2) is 31.3 Å². The highest BCUT2D eigenvalue weighted by Crippen LogP contribution is 2.19. The monoisotopic (exact) mass is 418 g/mol. The molecular formula is C20H23ClN4O4. The van der Waals surface area contributed by atoms with E-state index in [1.165, 1.54) is 20.0 Å². The van der Waals surface area contributed by atoms with E-state index in [1.807, 2.05) is 13.8 Å². The molecule has 3 rings (SSSR count). The molecule has 2 aromatic heterocycles. The smallest absolute Gasteiger partial charge is 0.337 e. The number of hydrogen-bond donors (Lipinski definition) is 0. The minimum Gasteiger partial charge on any atom is -0.464 e. The standard InChI is InChI=1S/C20H23ClN4O4/c1-5-29-19(27)13(4)24-11-22-17-16(24)18(26)23(10-12(2)3)20(28)25(17)15-8-6-14(21)7-9-15/h6-9,11-13H,5,10H2,1-4H3/t13-/m1/s1. The van der Waals surface area contributed by atoms with Gasteiger partial charge in [0.2, 0.25) is 0 Å². The summed E-state index contributed by atoms with van der Waals surface area (Å²) in [6.45, 7) is 7.64. The summed E-state index contributed by atoms with van der Waals surface area (Å²) in [6, 6.07) is 5.91. The molecule has 0 aliphatic rings. The van der Waals surface area contributed by atoms with Gasteiger partial charge in [0.1, 0.15) is 6.04 Å². The maximum absolute atomic E-state index is 13.2. The summed E-state index contributed by atoms with van der Waals surface area (Å²) in [5.74, 6) is -0.416. The number of aromatic nitrogens is 4. The molecule has 9 heteroatoms. The Labute approximate surface area is 172 Å². The lowest BCUT2D eigenvalue weighted by Crippen LogP contribution is -2.41. The Kier molecular flexibility index (Phi) is 5.93. The van der Waals surface area contributed by atoms with E-state index in [2.05, 4.69) is 4.98 Å². The highest BCUT2D eigenvalue weighted by molar-refractivity contribution is 6.30. The number of nitrogens with zero attached hydrogens (tertiary/aromatic N) is 4. The van der Waals surface area contributed by atoms with E-state index >= 15 is 0 Å². The van der Waals surface area contributed by atoms with E-state index in [0.717, 1.165) is 0 Å². The van der Waals surface area contributed by atoms with Crippen LogP contribution >= 0.6 is 11.6 Å². The Morgan fingerprint density at radius 1 is 1.17 bits per heavy atom. The number of ether oxygens (including phenoxy) is 1. The van der Waals surface area contributed by atoms with Crippen LogP contribution in [0.15, 0.2) is 40.2 Å². The van der Waals surface area contributed by atoms with Gasteiger partial charge in [-0.2, -0.15) is 0 Å².